The zero-order valence-electron chi connectivity index (χ0n) is 17.7. The van der Waals surface area contributed by atoms with Gasteiger partial charge < -0.3 is 30.3 Å². The number of carbonyl (C=O) groups is 1. The van der Waals surface area contributed by atoms with E-state index in [0.29, 0.717) is 0 Å². The number of hydrogen-bond donors (Lipinski definition) is 4. The molecule has 0 aliphatic carbocycles. The quantitative estimate of drug-likeness (QED) is 0.182. The molecule has 3 aromatic rings. The van der Waals surface area contributed by atoms with E-state index in [9.17, 15) is 24.2 Å². The number of nitrogen functional groups attached to an aromatic ring is 1. The number of nitrogens with one attached hydrogen (secondary N) is 2. The van der Waals surface area contributed by atoms with Gasteiger partial charge in [0.15, 0.2) is 17.4 Å². The topological polar surface area (TPSA) is 215 Å². The summed E-state index contributed by atoms with van der Waals surface area (Å²) < 4.78 is 25.4. The molecule has 172 valence electrons. The Morgan fingerprint density at radius 3 is 2.91 bits per heavy atom. The van der Waals surface area contributed by atoms with Crippen molar-refractivity contribution in [3.63, 3.8) is 0 Å². The van der Waals surface area contributed by atoms with Gasteiger partial charge in [0, 0.05) is 31.8 Å². The Bertz CT molecular complexity index is 1230. The second kappa shape index (κ2) is 10.0. The van der Waals surface area contributed by atoms with Crippen molar-refractivity contribution in [3.05, 3.63) is 35.4 Å². The number of fused-ring (bicyclic) bond motifs is 1. The third-order valence-electron chi connectivity index (χ3n) is 5.01. The monoisotopic (exact) mass is 490 g/mol. The Labute approximate surface area is 208 Å². The Hall–Kier alpha value is -2.10. The van der Waals surface area contributed by atoms with E-state index in [1.165, 1.54) is 30.2 Å². The van der Waals surface area contributed by atoms with Gasteiger partial charge in [-0.2, -0.15) is 4.98 Å². The molecule has 4 rings (SSSR count). The Morgan fingerprint density at radius 1 is 1.48 bits per heavy atom. The molecule has 1 unspecified atom stereocenters. The molecule has 0 spiro atoms. The number of anilines is 1. The van der Waals surface area contributed by atoms with Gasteiger partial charge in [-0.3, -0.25) is 28.0 Å². The van der Waals surface area contributed by atoms with Crippen LogP contribution in [-0.4, -0.2) is 65.2 Å². The molecule has 1 saturated heterocycles. The van der Waals surface area contributed by atoms with E-state index in [-0.39, 0.29) is 59.1 Å². The van der Waals surface area contributed by atoms with Crippen molar-refractivity contribution < 1.29 is 58.2 Å². The number of rotatable bonds is 7. The van der Waals surface area contributed by atoms with Crippen LogP contribution in [0, 0.1) is 5.92 Å². The first-order valence-corrected chi connectivity index (χ1v) is 10.9. The molecule has 1 aliphatic rings. The molecule has 15 nitrogen and oxygen atoms in total. The van der Waals surface area contributed by atoms with E-state index in [0.717, 1.165) is 10.7 Å². The van der Waals surface area contributed by atoms with Gasteiger partial charge >= 0.3 is 29.6 Å². The fraction of sp³-hybridized carbons (Fsp3) is 0.438. The number of imidazole rings is 2. The summed E-state index contributed by atoms with van der Waals surface area (Å²) in [6.07, 6.45) is 1.55. The molecule has 0 aromatic carbocycles. The van der Waals surface area contributed by atoms with Crippen LogP contribution in [0.1, 0.15) is 13.2 Å². The van der Waals surface area contributed by atoms with E-state index in [1.54, 1.807) is 0 Å². The number of aliphatic hydroxyl groups excluding tert-OH is 1. The average Bonchev–Trinajstić information content (AvgIpc) is 3.44. The largest absolute Gasteiger partial charge is 1.00 e. The fourth-order valence-electron chi connectivity index (χ4n) is 3.46. The Balaban J connectivity index is 0.00000306. The molecule has 0 saturated carbocycles. The summed E-state index contributed by atoms with van der Waals surface area (Å²) in [5.41, 5.74) is 5.10. The minimum atomic E-state index is -4.50. The predicted molar refractivity (Wildman–Crippen MR) is 106 cm³/mol. The summed E-state index contributed by atoms with van der Waals surface area (Å²) in [4.78, 5) is 49.8. The van der Waals surface area contributed by atoms with E-state index in [4.69, 9.17) is 15.0 Å². The van der Waals surface area contributed by atoms with Gasteiger partial charge in [-0.25, -0.2) is 9.97 Å². The van der Waals surface area contributed by atoms with Crippen molar-refractivity contribution in [3.8, 4) is 0 Å². The van der Waals surface area contributed by atoms with Crippen LogP contribution in [-0.2, 0) is 18.6 Å². The van der Waals surface area contributed by atoms with Gasteiger partial charge in [-0.05, 0) is 0 Å². The molecule has 1 fully saturated rings. The zero-order valence-corrected chi connectivity index (χ0v) is 20.6. The van der Waals surface area contributed by atoms with Gasteiger partial charge in [-0.1, -0.05) is 0 Å². The summed E-state index contributed by atoms with van der Waals surface area (Å²) in [7, 11) is -4.50. The third kappa shape index (κ3) is 5.20. The first-order chi connectivity index (χ1) is 15.2. The first kappa shape index (κ1) is 25.5. The van der Waals surface area contributed by atoms with Crippen LogP contribution >= 0.6 is 7.75 Å². The second-order valence-corrected chi connectivity index (χ2v) is 8.80. The van der Waals surface area contributed by atoms with Crippen molar-refractivity contribution in [2.45, 2.75) is 25.4 Å². The molecule has 17 heteroatoms. The van der Waals surface area contributed by atoms with Crippen molar-refractivity contribution in [2.75, 3.05) is 18.9 Å². The van der Waals surface area contributed by atoms with E-state index >= 15 is 0 Å². The standard InChI is InChI=1S/C16H21N8O7P.Na/c1-8(25)19-4-9-10(5-30-32(28,29)23-3-2-18-6-23)31-15(12(9)26)24-7-20-11-13(24)21-16(17)22-14(11)27;/h2-3,6-7,9-10,12,15,26H,4-5H2,1H3,(H,19,25)(H,28,29)(H3,17,21,22,27);/q;+1/p-1/t9-,10-,12-,15-;/m1./s1. The van der Waals surface area contributed by atoms with Crippen LogP contribution in [0.5, 0.6) is 0 Å². The number of amides is 1. The number of carbonyl (C=O) groups excluding carboxylic acids is 1. The zero-order chi connectivity index (χ0) is 23.0. The number of nitrogens with zero attached hydrogens (tertiary/aromatic N) is 5. The molecular formula is C16H20N8NaO7P. The summed E-state index contributed by atoms with van der Waals surface area (Å²) >= 11 is 0. The van der Waals surface area contributed by atoms with E-state index in [2.05, 4.69) is 25.3 Å². The summed E-state index contributed by atoms with van der Waals surface area (Å²) in [5, 5.41) is 13.5. The molecule has 0 bridgehead atoms. The Morgan fingerprint density at radius 2 is 2.24 bits per heavy atom. The number of aromatic nitrogens is 6. The summed E-state index contributed by atoms with van der Waals surface area (Å²) in [5.74, 6) is -1.25. The van der Waals surface area contributed by atoms with Crippen LogP contribution in [0.15, 0.2) is 29.8 Å². The maximum absolute atomic E-state index is 12.3. The molecule has 1 amide bonds. The molecule has 3 aromatic heterocycles. The van der Waals surface area contributed by atoms with Crippen LogP contribution in [0.4, 0.5) is 5.95 Å². The SMILES string of the molecule is CC(=O)NC[C@H]1[C@@H](O)[C@H](n2cnc3c(=O)[nH]c(N)nc32)O[C@@H]1COP(=O)([O-])n1ccnc1.[Na+]. The smallest absolute Gasteiger partial charge is 0.761 e. The minimum Gasteiger partial charge on any atom is -0.761 e. The van der Waals surface area contributed by atoms with E-state index < -0.39 is 44.3 Å². The minimum absolute atomic E-state index is 0. The van der Waals surface area contributed by atoms with Gasteiger partial charge in [0.2, 0.25) is 19.6 Å². The number of ether oxygens (including phenoxy) is 1. The van der Waals surface area contributed by atoms with Crippen molar-refractivity contribution in [2.24, 2.45) is 5.92 Å². The summed E-state index contributed by atoms with van der Waals surface area (Å²) in [6.45, 7) is 0.843. The third-order valence-corrected chi connectivity index (χ3v) is 6.29. The number of H-pyrrole nitrogens is 1. The summed E-state index contributed by atoms with van der Waals surface area (Å²) in [6, 6.07) is 0. The molecule has 5 atom stereocenters. The van der Waals surface area contributed by atoms with Gasteiger partial charge in [0.1, 0.15) is 12.4 Å². The molecule has 1 aliphatic heterocycles. The fourth-order valence-corrected chi connectivity index (χ4v) is 4.34. The van der Waals surface area contributed by atoms with Crippen molar-refractivity contribution >= 4 is 30.8 Å². The van der Waals surface area contributed by atoms with E-state index in [1.807, 2.05) is 0 Å². The van der Waals surface area contributed by atoms with Gasteiger partial charge in [0.25, 0.3) is 5.56 Å². The van der Waals surface area contributed by atoms with Gasteiger partial charge in [0.05, 0.1) is 19.0 Å². The van der Waals surface area contributed by atoms with Crippen molar-refractivity contribution in [1.82, 2.24) is 34.2 Å². The molecule has 33 heavy (non-hydrogen) atoms. The van der Waals surface area contributed by atoms with Crippen LogP contribution in [0.25, 0.3) is 11.2 Å². The molecule has 5 N–H and O–H groups in total. The Kier molecular flexibility index (Phi) is 7.76. The molecule has 4 heterocycles. The van der Waals surface area contributed by atoms with Crippen molar-refractivity contribution in [1.29, 1.82) is 0 Å². The predicted octanol–water partition coefficient (Wildman–Crippen LogP) is -5.05. The molecule has 0 radical (unpaired) electrons. The number of aliphatic hydroxyl groups is 1. The van der Waals surface area contributed by atoms with Gasteiger partial charge in [-0.15, -0.1) is 0 Å². The first-order valence-electron chi connectivity index (χ1n) is 9.42. The maximum Gasteiger partial charge on any atom is 1.00 e. The van der Waals surface area contributed by atoms with Crippen LogP contribution < -0.4 is 51.1 Å². The number of aromatic amines is 1. The number of nitrogens with two attached hydrogens (primary N) is 1. The average molecular weight is 490 g/mol. The number of hydrogen-bond acceptors (Lipinski definition) is 11. The normalized spacial score (nSPS) is 24.3. The molecular weight excluding hydrogens is 470 g/mol. The second-order valence-electron chi connectivity index (χ2n) is 7.14. The maximum atomic E-state index is 12.3. The van der Waals surface area contributed by atoms with Crippen LogP contribution in [0.3, 0.4) is 0 Å². The van der Waals surface area contributed by atoms with Crippen LogP contribution in [0.2, 0.25) is 0 Å².